The van der Waals surface area contributed by atoms with Gasteiger partial charge in [0.2, 0.25) is 11.8 Å². The molecule has 146 valence electrons. The fraction of sp³-hybridized carbons (Fsp3) is 0.167. The highest BCUT2D eigenvalue weighted by molar-refractivity contribution is 9.10. The minimum atomic E-state index is -0.619. The zero-order chi connectivity index (χ0) is 20.5. The molecule has 0 saturated carbocycles. The molecule has 0 saturated heterocycles. The van der Waals surface area contributed by atoms with Crippen molar-refractivity contribution in [2.75, 3.05) is 11.9 Å². The molecule has 0 fully saturated rings. The van der Waals surface area contributed by atoms with Crippen LogP contribution in [-0.4, -0.2) is 29.6 Å². The van der Waals surface area contributed by atoms with Crippen LogP contribution in [0.5, 0.6) is 5.75 Å². The van der Waals surface area contributed by atoms with E-state index in [0.29, 0.717) is 28.1 Å². The predicted octanol–water partition coefficient (Wildman–Crippen LogP) is 3.23. The van der Waals surface area contributed by atoms with Crippen molar-refractivity contribution in [1.29, 1.82) is 0 Å². The maximum absolute atomic E-state index is 11.9. The van der Waals surface area contributed by atoms with Gasteiger partial charge in [-0.25, -0.2) is 5.43 Å². The van der Waals surface area contributed by atoms with Gasteiger partial charge in [-0.15, -0.1) is 0 Å². The average Bonchev–Trinajstić information content (AvgIpc) is 2.64. The summed E-state index contributed by atoms with van der Waals surface area (Å²) < 4.78 is 5.64. The maximum atomic E-state index is 11.9. The number of nitrogens with zero attached hydrogens (tertiary/aromatic N) is 2. The number of carbonyl (C=O) groups is 2. The summed E-state index contributed by atoms with van der Waals surface area (Å²) in [5.41, 5.74) is 3.04. The van der Waals surface area contributed by atoms with Crippen molar-refractivity contribution in [3.05, 3.63) is 62.6 Å². The van der Waals surface area contributed by atoms with E-state index in [1.54, 1.807) is 30.3 Å². The fourth-order valence-corrected chi connectivity index (χ4v) is 2.51. The van der Waals surface area contributed by atoms with E-state index in [-0.39, 0.29) is 5.69 Å². The molecule has 28 heavy (non-hydrogen) atoms. The molecule has 0 unspecified atom stereocenters. The molecule has 2 amide bonds. The van der Waals surface area contributed by atoms with E-state index in [9.17, 15) is 19.7 Å². The Morgan fingerprint density at radius 2 is 1.93 bits per heavy atom. The summed E-state index contributed by atoms with van der Waals surface area (Å²) in [5.74, 6) is -0.441. The van der Waals surface area contributed by atoms with Gasteiger partial charge < -0.3 is 10.1 Å². The summed E-state index contributed by atoms with van der Waals surface area (Å²) in [4.78, 5) is 34.0. The van der Waals surface area contributed by atoms with E-state index in [1.165, 1.54) is 18.3 Å². The van der Waals surface area contributed by atoms with E-state index >= 15 is 0 Å². The SMILES string of the molecule is CCOc1ccc(NC(=O)CC(=O)NN=Cc2ccc(Br)c([N+](=O)[O-])c2)cc1. The normalized spacial score (nSPS) is 10.5. The third kappa shape index (κ3) is 6.47. The number of carbonyl (C=O) groups excluding carboxylic acids is 2. The average molecular weight is 449 g/mol. The van der Waals surface area contributed by atoms with E-state index in [1.807, 2.05) is 6.92 Å². The van der Waals surface area contributed by atoms with Crippen LogP contribution in [0.25, 0.3) is 0 Å². The molecule has 0 aliphatic carbocycles. The van der Waals surface area contributed by atoms with Crippen molar-refractivity contribution in [1.82, 2.24) is 5.43 Å². The lowest BCUT2D eigenvalue weighted by Crippen LogP contribution is -2.24. The number of hydrogen-bond donors (Lipinski definition) is 2. The van der Waals surface area contributed by atoms with Crippen LogP contribution >= 0.6 is 15.9 Å². The number of amides is 2. The molecule has 2 aromatic rings. The first-order chi connectivity index (χ1) is 13.4. The third-order valence-corrected chi connectivity index (χ3v) is 4.01. The second-order valence-corrected chi connectivity index (χ2v) is 6.30. The van der Waals surface area contributed by atoms with Gasteiger partial charge in [-0.05, 0) is 53.2 Å². The number of anilines is 1. The van der Waals surface area contributed by atoms with Crippen LogP contribution in [0.1, 0.15) is 18.9 Å². The lowest BCUT2D eigenvalue weighted by Gasteiger charge is -2.06. The fourth-order valence-electron chi connectivity index (χ4n) is 2.12. The molecule has 0 spiro atoms. The highest BCUT2D eigenvalue weighted by Gasteiger charge is 2.12. The molecular formula is C18H17BrN4O5. The minimum Gasteiger partial charge on any atom is -0.494 e. The predicted molar refractivity (Wildman–Crippen MR) is 107 cm³/mol. The summed E-state index contributed by atoms with van der Waals surface area (Å²) in [6.07, 6.45) is 0.826. The van der Waals surface area contributed by atoms with Crippen LogP contribution in [0.4, 0.5) is 11.4 Å². The lowest BCUT2D eigenvalue weighted by atomic mass is 10.2. The molecule has 0 aromatic heterocycles. The number of hydrogen-bond acceptors (Lipinski definition) is 6. The molecular weight excluding hydrogens is 432 g/mol. The van der Waals surface area contributed by atoms with Gasteiger partial charge in [0.1, 0.15) is 12.2 Å². The molecule has 0 aliphatic heterocycles. The Labute approximate surface area is 169 Å². The van der Waals surface area contributed by atoms with E-state index in [2.05, 4.69) is 31.8 Å². The third-order valence-electron chi connectivity index (χ3n) is 3.34. The Balaban J connectivity index is 1.84. The summed E-state index contributed by atoms with van der Waals surface area (Å²) in [5, 5.41) is 17.2. The van der Waals surface area contributed by atoms with Crippen molar-refractivity contribution < 1.29 is 19.2 Å². The van der Waals surface area contributed by atoms with Gasteiger partial charge in [0.05, 0.1) is 22.2 Å². The first-order valence-electron chi connectivity index (χ1n) is 8.17. The van der Waals surface area contributed by atoms with Crippen molar-refractivity contribution >= 4 is 45.3 Å². The van der Waals surface area contributed by atoms with Crippen molar-refractivity contribution in [3.8, 4) is 5.75 Å². The molecule has 0 atom stereocenters. The number of nitro benzene ring substituents is 1. The van der Waals surface area contributed by atoms with E-state index in [4.69, 9.17) is 4.74 Å². The Morgan fingerprint density at radius 3 is 2.57 bits per heavy atom. The Morgan fingerprint density at radius 1 is 1.21 bits per heavy atom. The van der Waals surface area contributed by atoms with E-state index in [0.717, 1.165) is 0 Å². The van der Waals surface area contributed by atoms with E-state index < -0.39 is 23.2 Å². The van der Waals surface area contributed by atoms with Crippen molar-refractivity contribution in [2.24, 2.45) is 5.10 Å². The Bertz CT molecular complexity index is 899. The summed E-state index contributed by atoms with van der Waals surface area (Å²) in [6, 6.07) is 11.1. The van der Waals surface area contributed by atoms with Gasteiger partial charge >= 0.3 is 0 Å². The van der Waals surface area contributed by atoms with Gasteiger partial charge in [0, 0.05) is 17.3 Å². The first-order valence-corrected chi connectivity index (χ1v) is 8.97. The quantitative estimate of drug-likeness (QED) is 0.277. The molecule has 2 aromatic carbocycles. The van der Waals surface area contributed by atoms with Gasteiger partial charge in [-0.3, -0.25) is 19.7 Å². The molecule has 2 rings (SSSR count). The number of rotatable bonds is 8. The van der Waals surface area contributed by atoms with Gasteiger partial charge in [0.15, 0.2) is 0 Å². The van der Waals surface area contributed by atoms with Crippen LogP contribution in [0, 0.1) is 10.1 Å². The zero-order valence-corrected chi connectivity index (χ0v) is 16.4. The van der Waals surface area contributed by atoms with Crippen LogP contribution in [0.2, 0.25) is 0 Å². The largest absolute Gasteiger partial charge is 0.494 e. The number of nitro groups is 1. The smallest absolute Gasteiger partial charge is 0.284 e. The topological polar surface area (TPSA) is 123 Å². The highest BCUT2D eigenvalue weighted by atomic mass is 79.9. The molecule has 2 N–H and O–H groups in total. The molecule has 0 radical (unpaired) electrons. The van der Waals surface area contributed by atoms with Gasteiger partial charge in [-0.1, -0.05) is 6.07 Å². The molecule has 0 bridgehead atoms. The summed E-state index contributed by atoms with van der Waals surface area (Å²) in [6.45, 7) is 2.41. The summed E-state index contributed by atoms with van der Waals surface area (Å²) in [7, 11) is 0. The van der Waals surface area contributed by atoms with Gasteiger partial charge in [0.25, 0.3) is 5.69 Å². The van der Waals surface area contributed by atoms with Crippen LogP contribution < -0.4 is 15.5 Å². The second-order valence-electron chi connectivity index (χ2n) is 5.44. The van der Waals surface area contributed by atoms with Crippen LogP contribution in [0.15, 0.2) is 52.0 Å². The standard InChI is InChI=1S/C18H17BrN4O5/c1-2-28-14-6-4-13(5-7-14)21-17(24)10-18(25)22-20-11-12-3-8-15(19)16(9-12)23(26)27/h3-9,11H,2,10H2,1H3,(H,21,24)(H,22,25). The molecule has 9 nitrogen and oxygen atoms in total. The summed E-state index contributed by atoms with van der Waals surface area (Å²) >= 11 is 3.08. The first kappa shape index (κ1) is 21.0. The number of hydrazone groups is 1. The number of nitrogens with one attached hydrogen (secondary N) is 2. The van der Waals surface area contributed by atoms with Crippen LogP contribution in [0.3, 0.4) is 0 Å². The Kier molecular flexibility index (Phi) is 7.64. The number of benzene rings is 2. The maximum Gasteiger partial charge on any atom is 0.284 e. The molecule has 0 aliphatic rings. The molecule has 0 heterocycles. The Hall–Kier alpha value is -3.27. The van der Waals surface area contributed by atoms with Crippen molar-refractivity contribution in [3.63, 3.8) is 0 Å². The van der Waals surface area contributed by atoms with Crippen molar-refractivity contribution in [2.45, 2.75) is 13.3 Å². The monoisotopic (exact) mass is 448 g/mol. The second kappa shape index (κ2) is 10.2. The highest BCUT2D eigenvalue weighted by Crippen LogP contribution is 2.24. The number of halogens is 1. The number of ether oxygens (including phenoxy) is 1. The van der Waals surface area contributed by atoms with Crippen LogP contribution in [-0.2, 0) is 9.59 Å². The zero-order valence-electron chi connectivity index (χ0n) is 14.8. The minimum absolute atomic E-state index is 0.120. The molecule has 10 heteroatoms. The van der Waals surface area contributed by atoms with Gasteiger partial charge in [-0.2, -0.15) is 5.10 Å². The lowest BCUT2D eigenvalue weighted by molar-refractivity contribution is -0.385.